The van der Waals surface area contributed by atoms with Crippen LogP contribution in [0.25, 0.3) is 0 Å². The molecule has 2 aromatic carbocycles. The molecule has 1 aromatic heterocycles. The predicted molar refractivity (Wildman–Crippen MR) is 139 cm³/mol. The molecule has 1 aliphatic heterocycles. The van der Waals surface area contributed by atoms with Gasteiger partial charge in [-0.25, -0.2) is 4.68 Å². The standard InChI is InChI=1S/C26H31N5O3S/c1-5-14-34-20-13-12-18(16-21(20)33-4)23-22(24(32)28-19-10-8-7-9-11-19)17(3)27-25-29-26(30-31(23)25)35-15-6-2/h7-13,16,23H,5-6,14-15H2,1-4H3,(H,28,32)(H,27,29,30). The first-order valence-electron chi connectivity index (χ1n) is 11.8. The van der Waals surface area contributed by atoms with E-state index >= 15 is 0 Å². The lowest BCUT2D eigenvalue weighted by Crippen LogP contribution is -2.31. The maximum Gasteiger partial charge on any atom is 0.255 e. The van der Waals surface area contributed by atoms with Crippen molar-refractivity contribution in [3.8, 4) is 11.5 Å². The number of nitrogens with one attached hydrogen (secondary N) is 2. The van der Waals surface area contributed by atoms with Gasteiger partial charge in [-0.05, 0) is 49.6 Å². The number of anilines is 2. The normalized spacial score (nSPS) is 14.8. The zero-order chi connectivity index (χ0) is 24.8. The molecule has 8 nitrogen and oxygen atoms in total. The maximum atomic E-state index is 13.6. The molecule has 1 unspecified atom stereocenters. The van der Waals surface area contributed by atoms with Gasteiger partial charge in [0.05, 0.1) is 19.3 Å². The number of ether oxygens (including phenoxy) is 2. The van der Waals surface area contributed by atoms with Crippen LogP contribution < -0.4 is 20.1 Å². The minimum atomic E-state index is -0.493. The Morgan fingerprint density at radius 3 is 2.66 bits per heavy atom. The molecule has 1 aliphatic rings. The summed E-state index contributed by atoms with van der Waals surface area (Å²) in [6.07, 6.45) is 1.91. The molecule has 0 saturated carbocycles. The number of benzene rings is 2. The summed E-state index contributed by atoms with van der Waals surface area (Å²) in [5.41, 5.74) is 2.85. The van der Waals surface area contributed by atoms with E-state index in [0.717, 1.165) is 35.5 Å². The monoisotopic (exact) mass is 493 g/mol. The minimum Gasteiger partial charge on any atom is -0.493 e. The fraction of sp³-hybridized carbons (Fsp3) is 0.346. The second kappa shape index (κ2) is 11.3. The van der Waals surface area contributed by atoms with Crippen molar-refractivity contribution in [2.24, 2.45) is 0 Å². The van der Waals surface area contributed by atoms with Crippen LogP contribution in [0.1, 0.15) is 45.2 Å². The molecular weight excluding hydrogens is 462 g/mol. The summed E-state index contributed by atoms with van der Waals surface area (Å²) in [6.45, 7) is 6.66. The first-order chi connectivity index (χ1) is 17.0. The van der Waals surface area contributed by atoms with Crippen molar-refractivity contribution in [2.45, 2.75) is 44.8 Å². The number of fused-ring (bicyclic) bond motifs is 1. The number of carbonyl (C=O) groups is 1. The molecule has 2 N–H and O–H groups in total. The van der Waals surface area contributed by atoms with Gasteiger partial charge in [0.1, 0.15) is 6.04 Å². The number of allylic oxidation sites excluding steroid dienone is 1. The van der Waals surface area contributed by atoms with Crippen molar-refractivity contribution in [2.75, 3.05) is 30.1 Å². The molecule has 1 amide bonds. The molecule has 35 heavy (non-hydrogen) atoms. The number of hydrogen-bond acceptors (Lipinski definition) is 7. The second-order valence-corrected chi connectivity index (χ2v) is 9.22. The molecule has 2 heterocycles. The zero-order valence-electron chi connectivity index (χ0n) is 20.5. The lowest BCUT2D eigenvalue weighted by Gasteiger charge is -2.29. The van der Waals surface area contributed by atoms with E-state index in [4.69, 9.17) is 14.6 Å². The van der Waals surface area contributed by atoms with Crippen molar-refractivity contribution in [1.82, 2.24) is 14.8 Å². The number of para-hydroxylation sites is 1. The van der Waals surface area contributed by atoms with Gasteiger partial charge in [0.2, 0.25) is 11.1 Å². The number of hydrogen-bond donors (Lipinski definition) is 2. The van der Waals surface area contributed by atoms with E-state index in [9.17, 15) is 4.79 Å². The molecule has 0 fully saturated rings. The summed E-state index contributed by atoms with van der Waals surface area (Å²) in [4.78, 5) is 18.3. The molecule has 0 bridgehead atoms. The lowest BCUT2D eigenvalue weighted by molar-refractivity contribution is -0.113. The third-order valence-corrected chi connectivity index (χ3v) is 6.55. The summed E-state index contributed by atoms with van der Waals surface area (Å²) < 4.78 is 13.3. The van der Waals surface area contributed by atoms with E-state index in [2.05, 4.69) is 29.5 Å². The van der Waals surface area contributed by atoms with Crippen molar-refractivity contribution < 1.29 is 14.3 Å². The SMILES string of the molecule is CCCOc1ccc(C2C(C(=O)Nc3ccccc3)=C(C)Nc3nc(SCCC)nn32)cc1OC. The Bertz CT molecular complexity index is 1210. The highest BCUT2D eigenvalue weighted by atomic mass is 32.2. The first-order valence-corrected chi connectivity index (χ1v) is 12.8. The number of rotatable bonds is 10. The maximum absolute atomic E-state index is 13.6. The van der Waals surface area contributed by atoms with Crippen LogP contribution in [0, 0.1) is 0 Å². The smallest absolute Gasteiger partial charge is 0.255 e. The number of nitrogens with zero attached hydrogens (tertiary/aromatic N) is 3. The third kappa shape index (κ3) is 5.45. The van der Waals surface area contributed by atoms with Crippen LogP contribution in [-0.2, 0) is 4.79 Å². The van der Waals surface area contributed by atoms with Gasteiger partial charge in [-0.3, -0.25) is 4.79 Å². The fourth-order valence-corrected chi connectivity index (χ4v) is 4.58. The zero-order valence-corrected chi connectivity index (χ0v) is 21.3. The Kier molecular flexibility index (Phi) is 7.97. The number of amides is 1. The Morgan fingerprint density at radius 1 is 1.14 bits per heavy atom. The molecule has 0 radical (unpaired) electrons. The van der Waals surface area contributed by atoms with Crippen LogP contribution >= 0.6 is 11.8 Å². The van der Waals surface area contributed by atoms with E-state index in [1.165, 1.54) is 0 Å². The summed E-state index contributed by atoms with van der Waals surface area (Å²) in [7, 11) is 1.62. The van der Waals surface area contributed by atoms with Gasteiger partial charge in [-0.2, -0.15) is 4.98 Å². The van der Waals surface area contributed by atoms with Gasteiger partial charge in [0.15, 0.2) is 11.5 Å². The van der Waals surface area contributed by atoms with Gasteiger partial charge in [0, 0.05) is 17.1 Å². The van der Waals surface area contributed by atoms with Crippen molar-refractivity contribution in [3.05, 3.63) is 65.4 Å². The van der Waals surface area contributed by atoms with Crippen LogP contribution in [-0.4, -0.2) is 40.1 Å². The summed E-state index contributed by atoms with van der Waals surface area (Å²) in [5.74, 6) is 2.59. The molecule has 0 saturated heterocycles. The van der Waals surface area contributed by atoms with Crippen molar-refractivity contribution in [3.63, 3.8) is 0 Å². The lowest BCUT2D eigenvalue weighted by atomic mass is 9.94. The second-order valence-electron chi connectivity index (χ2n) is 8.16. The van der Waals surface area contributed by atoms with E-state index in [-0.39, 0.29) is 5.91 Å². The average Bonchev–Trinajstić information content (AvgIpc) is 3.28. The highest BCUT2D eigenvalue weighted by Crippen LogP contribution is 2.39. The van der Waals surface area contributed by atoms with E-state index in [1.54, 1.807) is 23.6 Å². The van der Waals surface area contributed by atoms with Gasteiger partial charge < -0.3 is 20.1 Å². The van der Waals surface area contributed by atoms with Crippen LogP contribution in [0.3, 0.4) is 0 Å². The Balaban J connectivity index is 1.77. The Morgan fingerprint density at radius 2 is 1.94 bits per heavy atom. The molecule has 9 heteroatoms. The van der Waals surface area contributed by atoms with Crippen LogP contribution in [0.4, 0.5) is 11.6 Å². The highest BCUT2D eigenvalue weighted by molar-refractivity contribution is 7.99. The van der Waals surface area contributed by atoms with Crippen LogP contribution in [0.2, 0.25) is 0 Å². The van der Waals surface area contributed by atoms with Crippen LogP contribution in [0.5, 0.6) is 11.5 Å². The van der Waals surface area contributed by atoms with Crippen molar-refractivity contribution >= 4 is 29.3 Å². The van der Waals surface area contributed by atoms with Crippen molar-refractivity contribution in [1.29, 1.82) is 0 Å². The summed E-state index contributed by atoms with van der Waals surface area (Å²) in [5, 5.41) is 11.7. The number of aromatic nitrogens is 3. The largest absolute Gasteiger partial charge is 0.493 e. The van der Waals surface area contributed by atoms with Crippen LogP contribution in [0.15, 0.2) is 65.0 Å². The quantitative estimate of drug-likeness (QED) is 0.360. The predicted octanol–water partition coefficient (Wildman–Crippen LogP) is 5.51. The summed E-state index contributed by atoms with van der Waals surface area (Å²) >= 11 is 1.60. The van der Waals surface area contributed by atoms with Gasteiger partial charge >= 0.3 is 0 Å². The average molecular weight is 494 g/mol. The molecule has 3 aromatic rings. The molecular formula is C26H31N5O3S. The van der Waals surface area contributed by atoms with Gasteiger partial charge in [0.25, 0.3) is 5.91 Å². The van der Waals surface area contributed by atoms with E-state index in [0.29, 0.717) is 34.8 Å². The molecule has 184 valence electrons. The molecule has 0 spiro atoms. The molecule has 0 aliphatic carbocycles. The fourth-order valence-electron chi connectivity index (χ4n) is 3.89. The topological polar surface area (TPSA) is 90.3 Å². The molecule has 1 atom stereocenters. The Labute approximate surface area is 210 Å². The molecule has 4 rings (SSSR count). The Hall–Kier alpha value is -3.46. The van der Waals surface area contributed by atoms with Gasteiger partial charge in [-0.15, -0.1) is 5.10 Å². The van der Waals surface area contributed by atoms with E-state index in [1.807, 2.05) is 55.5 Å². The number of carbonyl (C=O) groups excluding carboxylic acids is 1. The minimum absolute atomic E-state index is 0.208. The third-order valence-electron chi connectivity index (χ3n) is 5.51. The van der Waals surface area contributed by atoms with E-state index < -0.39 is 6.04 Å². The first kappa shape index (κ1) is 24.7. The number of methoxy groups -OCH3 is 1. The van der Waals surface area contributed by atoms with Gasteiger partial charge in [-0.1, -0.05) is 49.9 Å². The summed E-state index contributed by atoms with van der Waals surface area (Å²) in [6, 6.07) is 14.7. The highest BCUT2D eigenvalue weighted by Gasteiger charge is 2.35. The number of thioether (sulfide) groups is 1.